The van der Waals surface area contributed by atoms with E-state index in [1.807, 2.05) is 76.4 Å². The normalized spacial score (nSPS) is 13.3. The zero-order chi connectivity index (χ0) is 19.6. The van der Waals surface area contributed by atoms with Gasteiger partial charge in [-0.15, -0.1) is 5.10 Å². The zero-order valence-electron chi connectivity index (χ0n) is 15.8. The minimum absolute atomic E-state index is 0.0239. The quantitative estimate of drug-likeness (QED) is 0.543. The van der Waals surface area contributed by atoms with Gasteiger partial charge in [-0.05, 0) is 17.7 Å². The number of nitrogens with zero attached hydrogens (tertiary/aromatic N) is 6. The predicted molar refractivity (Wildman–Crippen MR) is 108 cm³/mol. The number of hydrogen-bond acceptors (Lipinski definition) is 4. The molecule has 0 N–H and O–H groups in total. The van der Waals surface area contributed by atoms with E-state index in [4.69, 9.17) is 0 Å². The number of amides is 1. The summed E-state index contributed by atoms with van der Waals surface area (Å²) in [5.41, 5.74) is 4.66. The topological polar surface area (TPSA) is 68.8 Å². The van der Waals surface area contributed by atoms with Gasteiger partial charge in [-0.3, -0.25) is 9.48 Å². The molecule has 0 atom stereocenters. The lowest BCUT2D eigenvalue weighted by molar-refractivity contribution is 0.0731. The third-order valence-corrected chi connectivity index (χ3v) is 5.16. The van der Waals surface area contributed by atoms with Crippen LogP contribution < -0.4 is 0 Å². The Balaban J connectivity index is 1.31. The van der Waals surface area contributed by atoms with Crippen LogP contribution in [0.15, 0.2) is 73.1 Å². The van der Waals surface area contributed by atoms with Crippen molar-refractivity contribution >= 4 is 5.91 Å². The highest BCUT2D eigenvalue weighted by Crippen LogP contribution is 2.21. The second-order valence-electron chi connectivity index (χ2n) is 7.12. The van der Waals surface area contributed by atoms with Crippen molar-refractivity contribution in [3.8, 4) is 5.69 Å². The number of para-hydroxylation sites is 1. The van der Waals surface area contributed by atoms with Gasteiger partial charge in [0.05, 0.1) is 36.2 Å². The highest BCUT2D eigenvalue weighted by molar-refractivity contribution is 5.93. The minimum Gasteiger partial charge on any atom is -0.332 e. The Morgan fingerprint density at radius 2 is 1.76 bits per heavy atom. The van der Waals surface area contributed by atoms with Crippen molar-refractivity contribution in [2.45, 2.75) is 19.5 Å². The highest BCUT2D eigenvalue weighted by atomic mass is 16.2. The van der Waals surface area contributed by atoms with Gasteiger partial charge in [0, 0.05) is 19.2 Å². The van der Waals surface area contributed by atoms with Crippen LogP contribution in [-0.2, 0) is 19.5 Å². The number of carbonyl (C=O) groups is 1. The Hall–Kier alpha value is -3.74. The van der Waals surface area contributed by atoms with Crippen molar-refractivity contribution in [3.63, 3.8) is 0 Å². The largest absolute Gasteiger partial charge is 0.332 e. The standard InChI is InChI=1S/C22H20N6O/c29-22(18-13-23-27(15-18)14-17-7-3-1-4-8-17)26-12-11-21-20(16-26)24-25-28(21)19-9-5-2-6-10-19/h1-10,13,15H,11-12,14,16H2. The summed E-state index contributed by atoms with van der Waals surface area (Å²) in [5.74, 6) is -0.0239. The van der Waals surface area contributed by atoms with Gasteiger partial charge in [0.1, 0.15) is 5.69 Å². The Bertz CT molecular complexity index is 1130. The molecule has 0 bridgehead atoms. The van der Waals surface area contributed by atoms with Gasteiger partial charge in [-0.25, -0.2) is 4.68 Å². The Morgan fingerprint density at radius 3 is 2.55 bits per heavy atom. The molecule has 7 nitrogen and oxygen atoms in total. The van der Waals surface area contributed by atoms with Crippen LogP contribution in [0.4, 0.5) is 0 Å². The number of hydrogen-bond donors (Lipinski definition) is 0. The second kappa shape index (κ2) is 7.35. The Labute approximate surface area is 168 Å². The molecule has 1 amide bonds. The van der Waals surface area contributed by atoms with Gasteiger partial charge < -0.3 is 4.90 Å². The molecule has 3 heterocycles. The second-order valence-corrected chi connectivity index (χ2v) is 7.12. The summed E-state index contributed by atoms with van der Waals surface area (Å²) in [7, 11) is 0. The summed E-state index contributed by atoms with van der Waals surface area (Å²) in [5, 5.41) is 13.0. The van der Waals surface area contributed by atoms with E-state index in [1.165, 1.54) is 0 Å². The van der Waals surface area contributed by atoms with Crippen LogP contribution in [-0.4, -0.2) is 42.1 Å². The average Bonchev–Trinajstić information content (AvgIpc) is 3.41. The molecule has 144 valence electrons. The van der Waals surface area contributed by atoms with E-state index in [-0.39, 0.29) is 5.91 Å². The first kappa shape index (κ1) is 17.4. The first-order valence-corrected chi connectivity index (χ1v) is 9.62. The molecule has 0 saturated heterocycles. The molecular weight excluding hydrogens is 364 g/mol. The molecule has 0 spiro atoms. The molecule has 0 radical (unpaired) electrons. The summed E-state index contributed by atoms with van der Waals surface area (Å²) in [6.45, 7) is 1.74. The first-order chi connectivity index (χ1) is 14.3. The van der Waals surface area contributed by atoms with E-state index in [0.717, 1.165) is 29.1 Å². The molecule has 1 aliphatic heterocycles. The molecule has 7 heteroatoms. The molecular formula is C22H20N6O. The van der Waals surface area contributed by atoms with Gasteiger partial charge in [-0.2, -0.15) is 5.10 Å². The van der Waals surface area contributed by atoms with Gasteiger partial charge >= 0.3 is 0 Å². The van der Waals surface area contributed by atoms with Crippen molar-refractivity contribution < 1.29 is 4.79 Å². The summed E-state index contributed by atoms with van der Waals surface area (Å²) >= 11 is 0. The van der Waals surface area contributed by atoms with Gasteiger partial charge in [0.15, 0.2) is 0 Å². The highest BCUT2D eigenvalue weighted by Gasteiger charge is 2.27. The summed E-state index contributed by atoms with van der Waals surface area (Å²) in [6.07, 6.45) is 4.18. The fraction of sp³-hybridized carbons (Fsp3) is 0.182. The minimum atomic E-state index is -0.0239. The Kier molecular flexibility index (Phi) is 4.40. The zero-order valence-corrected chi connectivity index (χ0v) is 15.8. The van der Waals surface area contributed by atoms with Gasteiger partial charge in [-0.1, -0.05) is 53.7 Å². The maximum atomic E-state index is 13.0. The van der Waals surface area contributed by atoms with Crippen LogP contribution >= 0.6 is 0 Å². The van der Waals surface area contributed by atoms with Crippen LogP contribution in [0.1, 0.15) is 27.3 Å². The smallest absolute Gasteiger partial charge is 0.257 e. The van der Waals surface area contributed by atoms with Crippen molar-refractivity contribution in [2.24, 2.45) is 0 Å². The van der Waals surface area contributed by atoms with Crippen molar-refractivity contribution in [1.29, 1.82) is 0 Å². The summed E-state index contributed by atoms with van der Waals surface area (Å²) < 4.78 is 3.67. The molecule has 2 aromatic heterocycles. The monoisotopic (exact) mass is 384 g/mol. The van der Waals surface area contributed by atoms with Crippen LogP contribution in [0, 0.1) is 0 Å². The number of aromatic nitrogens is 5. The molecule has 4 aromatic rings. The maximum Gasteiger partial charge on any atom is 0.257 e. The van der Waals surface area contributed by atoms with Crippen LogP contribution in [0.5, 0.6) is 0 Å². The molecule has 0 fully saturated rings. The fourth-order valence-electron chi connectivity index (χ4n) is 3.67. The molecule has 29 heavy (non-hydrogen) atoms. The predicted octanol–water partition coefficient (Wildman–Crippen LogP) is 2.71. The van der Waals surface area contributed by atoms with E-state index < -0.39 is 0 Å². The fourth-order valence-corrected chi connectivity index (χ4v) is 3.67. The van der Waals surface area contributed by atoms with E-state index >= 15 is 0 Å². The van der Waals surface area contributed by atoms with Gasteiger partial charge in [0.25, 0.3) is 5.91 Å². The summed E-state index contributed by atoms with van der Waals surface area (Å²) in [4.78, 5) is 14.8. The van der Waals surface area contributed by atoms with Crippen molar-refractivity contribution in [1.82, 2.24) is 29.7 Å². The van der Waals surface area contributed by atoms with E-state index in [9.17, 15) is 4.79 Å². The number of carbonyl (C=O) groups excluding carboxylic acids is 1. The van der Waals surface area contributed by atoms with Crippen molar-refractivity contribution in [2.75, 3.05) is 6.54 Å². The van der Waals surface area contributed by atoms with E-state index in [1.54, 1.807) is 10.9 Å². The lowest BCUT2D eigenvalue weighted by Gasteiger charge is -2.26. The number of benzene rings is 2. The lowest BCUT2D eigenvalue weighted by Crippen LogP contribution is -2.36. The molecule has 0 saturated carbocycles. The third kappa shape index (κ3) is 3.42. The molecule has 0 unspecified atom stereocenters. The van der Waals surface area contributed by atoms with Crippen LogP contribution in [0.2, 0.25) is 0 Å². The average molecular weight is 384 g/mol. The molecule has 5 rings (SSSR count). The van der Waals surface area contributed by atoms with Gasteiger partial charge in [0.2, 0.25) is 0 Å². The summed E-state index contributed by atoms with van der Waals surface area (Å²) in [6, 6.07) is 20.0. The van der Waals surface area contributed by atoms with E-state index in [0.29, 0.717) is 25.2 Å². The van der Waals surface area contributed by atoms with Crippen molar-refractivity contribution in [3.05, 3.63) is 95.6 Å². The number of fused-ring (bicyclic) bond motifs is 1. The molecule has 2 aromatic carbocycles. The SMILES string of the molecule is O=C(c1cnn(Cc2ccccc2)c1)N1CCc2c(nnn2-c2ccccc2)C1. The lowest BCUT2D eigenvalue weighted by atomic mass is 10.1. The molecule has 0 aliphatic carbocycles. The number of rotatable bonds is 4. The third-order valence-electron chi connectivity index (χ3n) is 5.16. The maximum absolute atomic E-state index is 13.0. The molecule has 1 aliphatic rings. The Morgan fingerprint density at radius 1 is 1.00 bits per heavy atom. The van der Waals surface area contributed by atoms with Crippen LogP contribution in [0.25, 0.3) is 5.69 Å². The first-order valence-electron chi connectivity index (χ1n) is 9.62. The van der Waals surface area contributed by atoms with Crippen LogP contribution in [0.3, 0.4) is 0 Å². The van der Waals surface area contributed by atoms with E-state index in [2.05, 4.69) is 15.4 Å².